The summed E-state index contributed by atoms with van der Waals surface area (Å²) >= 11 is 0. The maximum absolute atomic E-state index is 12.1. The van der Waals surface area contributed by atoms with E-state index in [-0.39, 0.29) is 16.4 Å². The number of hydrogen-bond acceptors (Lipinski definition) is 3. The van der Waals surface area contributed by atoms with Crippen molar-refractivity contribution in [1.82, 2.24) is 0 Å². The minimum Gasteiger partial charge on any atom is -0.469 e. The molecule has 4 heteroatoms. The summed E-state index contributed by atoms with van der Waals surface area (Å²) in [7, 11) is -0.277. The predicted octanol–water partition coefficient (Wildman–Crippen LogP) is 8.16. The molecule has 4 aliphatic carbocycles. The first-order valence-corrected chi connectivity index (χ1v) is 16.9. The lowest BCUT2D eigenvalue weighted by molar-refractivity contribution is -0.143. The first kappa shape index (κ1) is 26.4. The predicted molar refractivity (Wildman–Crippen MR) is 143 cm³/mol. The molecular weight excluding hydrogens is 436 g/mol. The number of allylic oxidation sites excluding steroid dienone is 1. The average molecular weight is 489 g/mol. The third kappa shape index (κ3) is 3.98. The summed E-state index contributed by atoms with van der Waals surface area (Å²) in [4.78, 5) is 12.1. The molecule has 0 aromatic carbocycles. The van der Waals surface area contributed by atoms with Crippen LogP contribution >= 0.6 is 0 Å². The molecule has 3 nitrogen and oxygen atoms in total. The van der Waals surface area contributed by atoms with Gasteiger partial charge in [0.25, 0.3) is 0 Å². The molecular formula is C30H52O3Si. The van der Waals surface area contributed by atoms with Gasteiger partial charge in [-0.1, -0.05) is 60.1 Å². The Labute approximate surface area is 211 Å². The number of esters is 1. The molecule has 3 saturated carbocycles. The van der Waals surface area contributed by atoms with Gasteiger partial charge in [0.05, 0.1) is 13.2 Å². The molecule has 3 fully saturated rings. The lowest BCUT2D eigenvalue weighted by Crippen LogP contribution is -2.57. The number of carbonyl (C=O) groups is 1. The maximum Gasteiger partial charge on any atom is 0.305 e. The van der Waals surface area contributed by atoms with Crippen LogP contribution in [0.2, 0.25) is 18.1 Å². The van der Waals surface area contributed by atoms with E-state index in [1.165, 1.54) is 52.1 Å². The fraction of sp³-hybridized carbons (Fsp3) is 0.900. The average Bonchev–Trinajstić information content (AvgIpc) is 3.05. The molecule has 0 aromatic rings. The van der Waals surface area contributed by atoms with Crippen LogP contribution in [-0.2, 0) is 14.0 Å². The fourth-order valence-electron chi connectivity index (χ4n) is 8.85. The van der Waals surface area contributed by atoms with Gasteiger partial charge in [-0.3, -0.25) is 4.79 Å². The summed E-state index contributed by atoms with van der Waals surface area (Å²) < 4.78 is 12.2. The van der Waals surface area contributed by atoms with E-state index in [0.717, 1.165) is 17.8 Å². The van der Waals surface area contributed by atoms with Crippen molar-refractivity contribution in [3.63, 3.8) is 0 Å². The SMILES string of the molecule is COC(=O)C[C@H]1CC[C@H]2[C@@H]3CC=C4C(C)(C)[C@@H](O[Si](C)(C)C(C)(C)C)CC[C@]4(C)[C@H]3CC[C@]12C. The van der Waals surface area contributed by atoms with Crippen molar-refractivity contribution in [3.8, 4) is 0 Å². The molecule has 7 atom stereocenters. The number of hydrogen-bond donors (Lipinski definition) is 0. The van der Waals surface area contributed by atoms with Gasteiger partial charge in [0, 0.05) is 11.8 Å². The molecule has 4 aliphatic rings. The van der Waals surface area contributed by atoms with Crippen LogP contribution in [0.25, 0.3) is 0 Å². The third-order valence-corrected chi connectivity index (χ3v) is 16.5. The van der Waals surface area contributed by atoms with Crippen molar-refractivity contribution >= 4 is 14.3 Å². The van der Waals surface area contributed by atoms with Gasteiger partial charge in [0.1, 0.15) is 0 Å². The second-order valence-corrected chi connectivity index (χ2v) is 19.6. The standard InChI is InChI=1S/C30H52O3Si/c1-27(2,3)34(9,10)33-25-16-18-30(7)23-15-17-29(6)20(19-26(31)32-8)11-13-22(29)21(23)12-14-24(30)28(25,4)5/h14,20-23,25H,11-13,15-19H2,1-10H3/t20-,21+,22+,23+,25+,29-,30-/m1/s1. The van der Waals surface area contributed by atoms with E-state index in [9.17, 15) is 4.79 Å². The van der Waals surface area contributed by atoms with E-state index in [2.05, 4.69) is 67.6 Å². The molecule has 0 radical (unpaired) electrons. The maximum atomic E-state index is 12.1. The second kappa shape index (κ2) is 8.47. The van der Waals surface area contributed by atoms with Gasteiger partial charge < -0.3 is 9.16 Å². The van der Waals surface area contributed by atoms with E-state index in [1.807, 2.05) is 0 Å². The van der Waals surface area contributed by atoms with Gasteiger partial charge in [-0.2, -0.15) is 0 Å². The summed E-state index contributed by atoms with van der Waals surface area (Å²) in [5.74, 6) is 2.77. The molecule has 0 N–H and O–H groups in total. The van der Waals surface area contributed by atoms with E-state index in [0.29, 0.717) is 29.3 Å². The smallest absolute Gasteiger partial charge is 0.305 e. The van der Waals surface area contributed by atoms with Crippen LogP contribution in [0.4, 0.5) is 0 Å². The summed E-state index contributed by atoms with van der Waals surface area (Å²) in [6.07, 6.45) is 12.3. The molecule has 0 aliphatic heterocycles. The van der Waals surface area contributed by atoms with E-state index in [1.54, 1.807) is 5.57 Å². The van der Waals surface area contributed by atoms with Gasteiger partial charge in [0.2, 0.25) is 0 Å². The Kier molecular flexibility index (Phi) is 6.59. The van der Waals surface area contributed by atoms with Crippen molar-refractivity contribution in [3.05, 3.63) is 11.6 Å². The Morgan fingerprint density at radius 1 is 1.03 bits per heavy atom. The van der Waals surface area contributed by atoms with Gasteiger partial charge in [-0.25, -0.2) is 0 Å². The molecule has 4 rings (SSSR count). The fourth-order valence-corrected chi connectivity index (χ4v) is 10.3. The van der Waals surface area contributed by atoms with Crippen molar-refractivity contribution in [2.24, 2.45) is 39.9 Å². The van der Waals surface area contributed by atoms with Crippen LogP contribution in [0.15, 0.2) is 11.6 Å². The molecule has 0 heterocycles. The number of carbonyl (C=O) groups excluding carboxylic acids is 1. The largest absolute Gasteiger partial charge is 0.469 e. The summed E-state index contributed by atoms with van der Waals surface area (Å²) in [5.41, 5.74) is 2.39. The highest BCUT2D eigenvalue weighted by atomic mass is 28.4. The monoisotopic (exact) mass is 488 g/mol. The van der Waals surface area contributed by atoms with Crippen molar-refractivity contribution in [2.75, 3.05) is 7.11 Å². The Hall–Kier alpha value is -0.613. The van der Waals surface area contributed by atoms with Crippen LogP contribution in [0, 0.1) is 39.9 Å². The molecule has 0 saturated heterocycles. The topological polar surface area (TPSA) is 35.5 Å². The Balaban J connectivity index is 1.59. The van der Waals surface area contributed by atoms with Gasteiger partial charge in [-0.05, 0) is 97.6 Å². The summed E-state index contributed by atoms with van der Waals surface area (Å²) in [6.45, 7) is 22.0. The highest BCUT2D eigenvalue weighted by Gasteiger charge is 2.61. The number of methoxy groups -OCH3 is 1. The number of ether oxygens (including phenoxy) is 1. The zero-order valence-corrected chi connectivity index (χ0v) is 24.8. The van der Waals surface area contributed by atoms with Crippen molar-refractivity contribution in [2.45, 2.75) is 124 Å². The molecule has 0 spiro atoms. The molecule has 0 bridgehead atoms. The van der Waals surface area contributed by atoms with Crippen LogP contribution in [0.3, 0.4) is 0 Å². The van der Waals surface area contributed by atoms with Crippen molar-refractivity contribution < 1.29 is 14.0 Å². The zero-order valence-electron chi connectivity index (χ0n) is 23.8. The van der Waals surface area contributed by atoms with E-state index >= 15 is 0 Å². The molecule has 34 heavy (non-hydrogen) atoms. The minimum absolute atomic E-state index is 0.0198. The highest BCUT2D eigenvalue weighted by Crippen LogP contribution is 2.68. The zero-order chi connectivity index (χ0) is 25.3. The minimum atomic E-state index is -1.81. The summed E-state index contributed by atoms with van der Waals surface area (Å²) in [5, 5.41) is 0.243. The first-order chi connectivity index (χ1) is 15.6. The molecule has 194 valence electrons. The van der Waals surface area contributed by atoms with Gasteiger partial charge in [0.15, 0.2) is 8.32 Å². The van der Waals surface area contributed by atoms with Crippen LogP contribution in [-0.4, -0.2) is 27.5 Å². The van der Waals surface area contributed by atoms with E-state index in [4.69, 9.17) is 9.16 Å². The van der Waals surface area contributed by atoms with Crippen LogP contribution in [0.5, 0.6) is 0 Å². The molecule has 0 unspecified atom stereocenters. The normalized spacial score (nSPS) is 41.7. The van der Waals surface area contributed by atoms with Crippen LogP contribution in [0.1, 0.15) is 99.8 Å². The molecule has 0 amide bonds. The van der Waals surface area contributed by atoms with Crippen molar-refractivity contribution in [1.29, 1.82) is 0 Å². The van der Waals surface area contributed by atoms with E-state index < -0.39 is 8.32 Å². The van der Waals surface area contributed by atoms with Gasteiger partial charge in [-0.15, -0.1) is 0 Å². The number of fused-ring (bicyclic) bond motifs is 5. The third-order valence-electron chi connectivity index (χ3n) is 12.0. The van der Waals surface area contributed by atoms with Gasteiger partial charge >= 0.3 is 5.97 Å². The Morgan fingerprint density at radius 2 is 1.71 bits per heavy atom. The molecule has 0 aromatic heterocycles. The highest BCUT2D eigenvalue weighted by molar-refractivity contribution is 6.74. The summed E-state index contributed by atoms with van der Waals surface area (Å²) in [6, 6.07) is 0. The second-order valence-electron chi connectivity index (χ2n) is 14.9. The Bertz CT molecular complexity index is 836. The number of rotatable bonds is 4. The lowest BCUT2D eigenvalue weighted by atomic mass is 9.44. The van der Waals surface area contributed by atoms with Crippen LogP contribution < -0.4 is 0 Å². The quantitative estimate of drug-likeness (QED) is 0.227. The Morgan fingerprint density at radius 3 is 2.32 bits per heavy atom. The lowest BCUT2D eigenvalue weighted by Gasteiger charge is -2.62. The first-order valence-electron chi connectivity index (χ1n) is 14.0.